The molecule has 3 aromatic rings. The fraction of sp³-hybridized carbons (Fsp3) is 0.320. The van der Waals surface area contributed by atoms with Crippen molar-refractivity contribution in [1.82, 2.24) is 14.7 Å². The molecule has 0 spiro atoms. The van der Waals surface area contributed by atoms with E-state index in [0.717, 1.165) is 18.4 Å². The Labute approximate surface area is 181 Å². The molecule has 5 nitrogen and oxygen atoms in total. The van der Waals surface area contributed by atoms with Crippen LogP contribution in [0.5, 0.6) is 0 Å². The summed E-state index contributed by atoms with van der Waals surface area (Å²) in [5, 5.41) is 4.29. The maximum absolute atomic E-state index is 14.3. The van der Waals surface area contributed by atoms with Crippen molar-refractivity contribution in [3.8, 4) is 5.69 Å². The van der Waals surface area contributed by atoms with Gasteiger partial charge in [-0.2, -0.15) is 5.10 Å². The van der Waals surface area contributed by atoms with Crippen molar-refractivity contribution in [2.75, 3.05) is 0 Å². The van der Waals surface area contributed by atoms with Gasteiger partial charge in [-0.1, -0.05) is 50.2 Å². The van der Waals surface area contributed by atoms with E-state index in [0.29, 0.717) is 18.2 Å². The van der Waals surface area contributed by atoms with E-state index in [1.165, 1.54) is 22.4 Å². The predicted octanol–water partition coefficient (Wildman–Crippen LogP) is 4.61. The maximum atomic E-state index is 14.3. The Hall–Kier alpha value is -3.28. The zero-order chi connectivity index (χ0) is 22.1. The van der Waals surface area contributed by atoms with Crippen molar-refractivity contribution in [3.63, 3.8) is 0 Å². The van der Waals surface area contributed by atoms with Gasteiger partial charge in [0.1, 0.15) is 11.5 Å². The Kier molecular flexibility index (Phi) is 5.72. The second-order valence-corrected chi connectivity index (χ2v) is 8.42. The van der Waals surface area contributed by atoms with E-state index < -0.39 is 17.2 Å². The second kappa shape index (κ2) is 8.46. The van der Waals surface area contributed by atoms with E-state index in [4.69, 9.17) is 0 Å². The minimum atomic E-state index is -0.468. The summed E-state index contributed by atoms with van der Waals surface area (Å²) in [6, 6.07) is 15.8. The van der Waals surface area contributed by atoms with E-state index in [1.807, 2.05) is 12.1 Å². The molecular formula is C25H26FN3O2. The molecule has 1 aliphatic carbocycles. The van der Waals surface area contributed by atoms with Crippen LogP contribution in [0.2, 0.25) is 0 Å². The fourth-order valence-electron chi connectivity index (χ4n) is 3.66. The zero-order valence-corrected chi connectivity index (χ0v) is 18.0. The highest BCUT2D eigenvalue weighted by Gasteiger charge is 2.35. The summed E-state index contributed by atoms with van der Waals surface area (Å²) in [4.78, 5) is 27.7. The van der Waals surface area contributed by atoms with Crippen LogP contribution >= 0.6 is 0 Å². The number of hydrogen-bond acceptors (Lipinski definition) is 3. The van der Waals surface area contributed by atoms with Gasteiger partial charge in [-0.15, -0.1) is 0 Å². The van der Waals surface area contributed by atoms with Gasteiger partial charge in [-0.25, -0.2) is 9.07 Å². The molecule has 31 heavy (non-hydrogen) atoms. The number of halogens is 1. The SMILES string of the molecule is Cc1cc(=O)c(C(=O)N(Cc2ccc(C(C)C)cc2)C2CC2)nn1-c1ccccc1F. The number of benzene rings is 2. The number of aromatic nitrogens is 2. The molecule has 160 valence electrons. The number of carbonyl (C=O) groups is 1. The van der Waals surface area contributed by atoms with Gasteiger partial charge in [0.15, 0.2) is 5.69 Å². The van der Waals surface area contributed by atoms with Crippen LogP contribution in [0.4, 0.5) is 4.39 Å². The summed E-state index contributed by atoms with van der Waals surface area (Å²) in [5.74, 6) is -0.446. The quantitative estimate of drug-likeness (QED) is 0.586. The first-order valence-electron chi connectivity index (χ1n) is 10.6. The highest BCUT2D eigenvalue weighted by Crippen LogP contribution is 2.29. The molecular weight excluding hydrogens is 393 g/mol. The molecule has 1 saturated carbocycles. The van der Waals surface area contributed by atoms with Gasteiger partial charge in [-0.3, -0.25) is 9.59 Å². The van der Waals surface area contributed by atoms with Crippen LogP contribution in [-0.4, -0.2) is 26.6 Å². The average Bonchev–Trinajstić information content (AvgIpc) is 3.58. The van der Waals surface area contributed by atoms with Gasteiger partial charge < -0.3 is 4.90 Å². The Morgan fingerprint density at radius 1 is 1.16 bits per heavy atom. The van der Waals surface area contributed by atoms with Crippen molar-refractivity contribution >= 4 is 5.91 Å². The molecule has 1 fully saturated rings. The smallest absolute Gasteiger partial charge is 0.278 e. The highest BCUT2D eigenvalue weighted by molar-refractivity contribution is 5.92. The van der Waals surface area contributed by atoms with Gasteiger partial charge in [0, 0.05) is 24.3 Å². The number of nitrogens with zero attached hydrogens (tertiary/aromatic N) is 3. The van der Waals surface area contributed by atoms with Crippen LogP contribution in [-0.2, 0) is 6.54 Å². The van der Waals surface area contributed by atoms with Gasteiger partial charge in [0.2, 0.25) is 5.43 Å². The molecule has 0 saturated heterocycles. The third-order valence-electron chi connectivity index (χ3n) is 5.64. The minimum Gasteiger partial charge on any atom is -0.330 e. The number of aryl methyl sites for hydroxylation is 1. The summed E-state index contributed by atoms with van der Waals surface area (Å²) >= 11 is 0. The molecule has 1 amide bonds. The van der Waals surface area contributed by atoms with Crippen molar-refractivity contribution in [2.24, 2.45) is 0 Å². The highest BCUT2D eigenvalue weighted by atomic mass is 19.1. The summed E-state index contributed by atoms with van der Waals surface area (Å²) < 4.78 is 15.7. The third-order valence-corrected chi connectivity index (χ3v) is 5.64. The van der Waals surface area contributed by atoms with Crippen LogP contribution in [0.25, 0.3) is 5.69 Å². The molecule has 0 N–H and O–H groups in total. The molecule has 2 aromatic carbocycles. The fourth-order valence-corrected chi connectivity index (χ4v) is 3.66. The number of hydrogen-bond donors (Lipinski definition) is 0. The lowest BCUT2D eigenvalue weighted by atomic mass is 10.0. The lowest BCUT2D eigenvalue weighted by Crippen LogP contribution is -2.37. The summed E-state index contributed by atoms with van der Waals surface area (Å²) in [7, 11) is 0. The van der Waals surface area contributed by atoms with Crippen molar-refractivity contribution in [3.05, 3.63) is 93.2 Å². The van der Waals surface area contributed by atoms with Gasteiger partial charge in [0.05, 0.1) is 0 Å². The monoisotopic (exact) mass is 419 g/mol. The largest absolute Gasteiger partial charge is 0.330 e. The normalized spacial score (nSPS) is 13.5. The van der Waals surface area contributed by atoms with Crippen LogP contribution in [0, 0.1) is 12.7 Å². The Morgan fingerprint density at radius 2 is 1.84 bits per heavy atom. The van der Waals surface area contributed by atoms with E-state index in [9.17, 15) is 14.0 Å². The Bertz CT molecular complexity index is 1160. The van der Waals surface area contributed by atoms with Crippen molar-refractivity contribution < 1.29 is 9.18 Å². The zero-order valence-electron chi connectivity index (χ0n) is 18.0. The number of para-hydroxylation sites is 1. The minimum absolute atomic E-state index is 0.0988. The van der Waals surface area contributed by atoms with Crippen LogP contribution in [0.1, 0.15) is 59.9 Å². The molecule has 0 atom stereocenters. The second-order valence-electron chi connectivity index (χ2n) is 8.42. The molecule has 0 radical (unpaired) electrons. The predicted molar refractivity (Wildman–Crippen MR) is 118 cm³/mol. The molecule has 0 aliphatic heterocycles. The molecule has 4 rings (SSSR count). The average molecular weight is 420 g/mol. The van der Waals surface area contributed by atoms with Crippen molar-refractivity contribution in [1.29, 1.82) is 0 Å². The lowest BCUT2D eigenvalue weighted by Gasteiger charge is -2.23. The molecule has 1 aromatic heterocycles. The molecule has 1 aliphatic rings. The van der Waals surface area contributed by atoms with Gasteiger partial charge in [-0.05, 0) is 48.9 Å². The molecule has 6 heteroatoms. The molecule has 0 bridgehead atoms. The summed E-state index contributed by atoms with van der Waals surface area (Å²) in [5.41, 5.74) is 2.29. The van der Waals surface area contributed by atoms with Crippen LogP contribution < -0.4 is 5.43 Å². The van der Waals surface area contributed by atoms with E-state index in [2.05, 4.69) is 31.1 Å². The Balaban J connectivity index is 1.67. The Morgan fingerprint density at radius 3 is 2.45 bits per heavy atom. The first-order valence-corrected chi connectivity index (χ1v) is 10.6. The van der Waals surface area contributed by atoms with E-state index in [-0.39, 0.29) is 17.4 Å². The first kappa shape index (κ1) is 21.0. The first-order chi connectivity index (χ1) is 14.8. The van der Waals surface area contributed by atoms with Crippen LogP contribution in [0.15, 0.2) is 59.4 Å². The number of carbonyl (C=O) groups excluding carboxylic acids is 1. The maximum Gasteiger partial charge on any atom is 0.278 e. The van der Waals surface area contributed by atoms with E-state index in [1.54, 1.807) is 30.0 Å². The van der Waals surface area contributed by atoms with Crippen LogP contribution in [0.3, 0.4) is 0 Å². The number of rotatable bonds is 6. The molecule has 1 heterocycles. The summed E-state index contributed by atoms with van der Waals surface area (Å²) in [6.45, 7) is 6.36. The molecule has 0 unspecified atom stereocenters. The topological polar surface area (TPSA) is 55.2 Å². The lowest BCUT2D eigenvalue weighted by molar-refractivity contribution is 0.0720. The van der Waals surface area contributed by atoms with Gasteiger partial charge >= 0.3 is 0 Å². The summed E-state index contributed by atoms with van der Waals surface area (Å²) in [6.07, 6.45) is 1.81. The van der Waals surface area contributed by atoms with Gasteiger partial charge in [0.25, 0.3) is 5.91 Å². The number of amides is 1. The standard InChI is InChI=1S/C25H26FN3O2/c1-16(2)19-10-8-18(9-11-19)15-28(20-12-13-20)25(31)24-23(30)14-17(3)29(27-24)22-7-5-4-6-21(22)26/h4-11,14,16,20H,12-13,15H2,1-3H3. The van der Waals surface area contributed by atoms with E-state index >= 15 is 0 Å². The van der Waals surface area contributed by atoms with Crippen molar-refractivity contribution in [2.45, 2.75) is 52.1 Å². The third kappa shape index (κ3) is 4.43.